The third-order valence-electron chi connectivity index (χ3n) is 3.73. The van der Waals surface area contributed by atoms with E-state index in [-0.39, 0.29) is 18.0 Å². The predicted octanol–water partition coefficient (Wildman–Crippen LogP) is 2.33. The highest BCUT2D eigenvalue weighted by molar-refractivity contribution is 5.98. The first kappa shape index (κ1) is 15.3. The number of hydrogen-bond donors (Lipinski definition) is 2. The molecule has 6 heteroatoms. The van der Waals surface area contributed by atoms with Crippen LogP contribution in [0.4, 0.5) is 11.6 Å². The van der Waals surface area contributed by atoms with Crippen molar-refractivity contribution < 1.29 is 4.79 Å². The van der Waals surface area contributed by atoms with E-state index in [9.17, 15) is 4.79 Å². The molecule has 1 heterocycles. The molecule has 4 N–H and O–H groups in total. The average Bonchev–Trinajstić information content (AvgIpc) is 2.90. The van der Waals surface area contributed by atoms with Crippen LogP contribution in [0, 0.1) is 11.3 Å². The van der Waals surface area contributed by atoms with Crippen LogP contribution in [-0.4, -0.2) is 15.6 Å². The minimum atomic E-state index is -0.134. The fourth-order valence-electron chi connectivity index (χ4n) is 2.42. The maximum absolute atomic E-state index is 12.4. The molecule has 24 heavy (non-hydrogen) atoms. The minimum Gasteiger partial charge on any atom is -0.383 e. The van der Waals surface area contributed by atoms with Gasteiger partial charge in [0.05, 0.1) is 17.3 Å². The molecule has 0 bridgehead atoms. The lowest BCUT2D eigenvalue weighted by Crippen LogP contribution is -2.08. The zero-order chi connectivity index (χ0) is 17.1. The summed E-state index contributed by atoms with van der Waals surface area (Å²) in [4.78, 5) is 12.4. The Hall–Kier alpha value is -3.59. The topological polar surface area (TPSA) is 111 Å². The van der Waals surface area contributed by atoms with E-state index in [0.29, 0.717) is 22.5 Å². The summed E-state index contributed by atoms with van der Waals surface area (Å²) in [5.41, 5.74) is 14.4. The number of rotatable bonds is 4. The number of aromatic nitrogens is 2. The molecule has 6 nitrogen and oxygen atoms in total. The molecule has 0 atom stereocenters. The van der Waals surface area contributed by atoms with Crippen LogP contribution in [0.5, 0.6) is 0 Å². The smallest absolute Gasteiger partial charge is 0.167 e. The first-order valence-corrected chi connectivity index (χ1v) is 7.32. The highest BCUT2D eigenvalue weighted by Crippen LogP contribution is 2.24. The number of carbonyl (C=O) groups is 1. The van der Waals surface area contributed by atoms with Crippen molar-refractivity contribution in [2.45, 2.75) is 6.42 Å². The number of nitrogens with two attached hydrogens (primary N) is 2. The fraction of sp³-hybridized carbons (Fsp3) is 0.0556. The highest BCUT2D eigenvalue weighted by atomic mass is 16.1. The number of hydrogen-bond acceptors (Lipinski definition) is 5. The second-order valence-corrected chi connectivity index (χ2v) is 5.29. The molecular formula is C18H15N5O. The van der Waals surface area contributed by atoms with Gasteiger partial charge in [-0.05, 0) is 24.3 Å². The van der Waals surface area contributed by atoms with E-state index in [1.807, 2.05) is 36.4 Å². The van der Waals surface area contributed by atoms with Crippen molar-refractivity contribution in [1.29, 1.82) is 5.26 Å². The summed E-state index contributed by atoms with van der Waals surface area (Å²) >= 11 is 0. The molecule has 0 aliphatic heterocycles. The van der Waals surface area contributed by atoms with Gasteiger partial charge in [0.2, 0.25) is 0 Å². The van der Waals surface area contributed by atoms with Gasteiger partial charge >= 0.3 is 0 Å². The largest absolute Gasteiger partial charge is 0.383 e. The van der Waals surface area contributed by atoms with E-state index in [0.717, 1.165) is 5.69 Å². The second kappa shape index (κ2) is 6.26. The number of para-hydroxylation sites is 1. The summed E-state index contributed by atoms with van der Waals surface area (Å²) in [5, 5.41) is 13.0. The Morgan fingerprint density at radius 1 is 1.08 bits per heavy atom. The number of nitriles is 1. The molecule has 2 aromatic carbocycles. The van der Waals surface area contributed by atoms with Crippen LogP contribution in [0.3, 0.4) is 0 Å². The van der Waals surface area contributed by atoms with Gasteiger partial charge in [0.15, 0.2) is 11.6 Å². The van der Waals surface area contributed by atoms with Crippen molar-refractivity contribution in [3.05, 3.63) is 71.3 Å². The third kappa shape index (κ3) is 2.83. The summed E-state index contributed by atoms with van der Waals surface area (Å²) in [6.45, 7) is 0. The van der Waals surface area contributed by atoms with Gasteiger partial charge in [-0.2, -0.15) is 5.26 Å². The number of carbonyl (C=O) groups excluding carboxylic acids is 1. The molecule has 3 rings (SSSR count). The maximum Gasteiger partial charge on any atom is 0.167 e. The van der Waals surface area contributed by atoms with Gasteiger partial charge in [0, 0.05) is 17.5 Å². The first-order chi connectivity index (χ1) is 11.6. The van der Waals surface area contributed by atoms with Crippen LogP contribution in [0.1, 0.15) is 21.5 Å². The number of nitrogens with zero attached hydrogens (tertiary/aromatic N) is 3. The molecule has 0 fully saturated rings. The lowest BCUT2D eigenvalue weighted by atomic mass is 10.0. The van der Waals surface area contributed by atoms with Crippen molar-refractivity contribution in [3.63, 3.8) is 0 Å². The quantitative estimate of drug-likeness (QED) is 0.717. The Bertz CT molecular complexity index is 921. The lowest BCUT2D eigenvalue weighted by molar-refractivity contribution is 0.0993. The summed E-state index contributed by atoms with van der Waals surface area (Å²) in [5.74, 6) is 0.449. The van der Waals surface area contributed by atoms with E-state index in [1.54, 1.807) is 24.3 Å². The molecule has 118 valence electrons. The molecule has 0 amide bonds. The molecule has 0 spiro atoms. The van der Waals surface area contributed by atoms with Gasteiger partial charge in [-0.1, -0.05) is 30.3 Å². The van der Waals surface area contributed by atoms with Crippen molar-refractivity contribution >= 4 is 17.4 Å². The van der Waals surface area contributed by atoms with Gasteiger partial charge in [-0.3, -0.25) is 4.79 Å². The van der Waals surface area contributed by atoms with Gasteiger partial charge < -0.3 is 11.5 Å². The summed E-state index contributed by atoms with van der Waals surface area (Å²) in [6.07, 6.45) is 0.0520. The van der Waals surface area contributed by atoms with Crippen LogP contribution >= 0.6 is 0 Å². The fourth-order valence-corrected chi connectivity index (χ4v) is 2.42. The van der Waals surface area contributed by atoms with Crippen LogP contribution in [-0.2, 0) is 6.42 Å². The van der Waals surface area contributed by atoms with E-state index in [1.165, 1.54) is 4.68 Å². The van der Waals surface area contributed by atoms with E-state index < -0.39 is 0 Å². The lowest BCUT2D eigenvalue weighted by Gasteiger charge is -2.05. The molecule has 0 unspecified atom stereocenters. The van der Waals surface area contributed by atoms with Crippen LogP contribution < -0.4 is 11.5 Å². The zero-order valence-corrected chi connectivity index (χ0v) is 12.8. The normalized spacial score (nSPS) is 10.3. The SMILES string of the molecule is N#Cc1ccc(C(=O)Cc2c(N)nn(-c3ccccc3)c2N)cc1. The average molecular weight is 317 g/mol. The Kier molecular flexibility index (Phi) is 4.00. The number of nitrogen functional groups attached to an aromatic ring is 2. The molecule has 0 radical (unpaired) electrons. The molecular weight excluding hydrogens is 302 g/mol. The van der Waals surface area contributed by atoms with Gasteiger partial charge in [0.25, 0.3) is 0 Å². The Balaban J connectivity index is 1.89. The van der Waals surface area contributed by atoms with E-state index in [4.69, 9.17) is 16.7 Å². The maximum atomic E-state index is 12.4. The first-order valence-electron chi connectivity index (χ1n) is 7.32. The third-order valence-corrected chi connectivity index (χ3v) is 3.73. The number of anilines is 2. The van der Waals surface area contributed by atoms with Crippen LogP contribution in [0.25, 0.3) is 5.69 Å². The van der Waals surface area contributed by atoms with Gasteiger partial charge in [-0.15, -0.1) is 5.10 Å². The monoisotopic (exact) mass is 317 g/mol. The Morgan fingerprint density at radius 2 is 1.75 bits per heavy atom. The molecule has 3 aromatic rings. The Morgan fingerprint density at radius 3 is 2.38 bits per heavy atom. The van der Waals surface area contributed by atoms with E-state index >= 15 is 0 Å². The second-order valence-electron chi connectivity index (χ2n) is 5.29. The molecule has 1 aromatic heterocycles. The molecule has 0 aliphatic carbocycles. The highest BCUT2D eigenvalue weighted by Gasteiger charge is 2.18. The summed E-state index contributed by atoms with van der Waals surface area (Å²) in [7, 11) is 0. The standard InChI is InChI=1S/C18H15N5O/c19-11-12-6-8-13(9-7-12)16(24)10-15-17(20)22-23(18(15)21)14-4-2-1-3-5-14/h1-9H,10,21H2,(H2,20,22). The number of Topliss-reactive ketones (excluding diaryl/α,β-unsaturated/α-hetero) is 1. The van der Waals surface area contributed by atoms with Crippen LogP contribution in [0.15, 0.2) is 54.6 Å². The summed E-state index contributed by atoms with van der Waals surface area (Å²) < 4.78 is 1.52. The van der Waals surface area contributed by atoms with Crippen molar-refractivity contribution in [2.75, 3.05) is 11.5 Å². The number of benzene rings is 2. The van der Waals surface area contributed by atoms with Crippen molar-refractivity contribution in [3.8, 4) is 11.8 Å². The van der Waals surface area contributed by atoms with Gasteiger partial charge in [-0.25, -0.2) is 4.68 Å². The van der Waals surface area contributed by atoms with Crippen molar-refractivity contribution in [1.82, 2.24) is 9.78 Å². The Labute approximate surface area is 138 Å². The predicted molar refractivity (Wildman–Crippen MR) is 91.6 cm³/mol. The van der Waals surface area contributed by atoms with Crippen LogP contribution in [0.2, 0.25) is 0 Å². The molecule has 0 aliphatic rings. The molecule has 0 saturated carbocycles. The number of ketones is 1. The summed E-state index contributed by atoms with van der Waals surface area (Å²) in [6, 6.07) is 17.8. The van der Waals surface area contributed by atoms with Gasteiger partial charge in [0.1, 0.15) is 5.82 Å². The van der Waals surface area contributed by atoms with E-state index in [2.05, 4.69) is 5.10 Å². The van der Waals surface area contributed by atoms with Crippen molar-refractivity contribution in [2.24, 2.45) is 0 Å². The minimum absolute atomic E-state index is 0.0520. The zero-order valence-electron chi connectivity index (χ0n) is 12.8. The molecule has 0 saturated heterocycles.